The number of aliphatic hydroxyl groups excluding tert-OH is 1. The Morgan fingerprint density at radius 2 is 2.07 bits per heavy atom. The fraction of sp³-hybridized carbons (Fsp3) is 1.00. The fourth-order valence-electron chi connectivity index (χ4n) is 2.07. The minimum atomic E-state index is 0.311. The molecule has 0 aromatic carbocycles. The van der Waals surface area contributed by atoms with Gasteiger partial charge in [0.15, 0.2) is 0 Å². The van der Waals surface area contributed by atoms with Gasteiger partial charge in [-0.15, -0.1) is 0 Å². The third kappa shape index (κ3) is 4.96. The first-order valence-electron chi connectivity index (χ1n) is 6.15. The molecule has 0 bridgehead atoms. The maximum atomic E-state index is 8.74. The molecule has 0 aromatic heterocycles. The first-order chi connectivity index (χ1) is 7.15. The van der Waals surface area contributed by atoms with E-state index in [-0.39, 0.29) is 0 Å². The standard InChI is InChI=1S/C12H26N2O/c1-10(5-4-8-15)13-9-12(14(2)3)11-6-7-11/h10-13,15H,4-9H2,1-3H3. The van der Waals surface area contributed by atoms with Crippen LogP contribution in [0.4, 0.5) is 0 Å². The van der Waals surface area contributed by atoms with E-state index in [0.717, 1.165) is 25.3 Å². The molecule has 1 rings (SSSR count). The van der Waals surface area contributed by atoms with Crippen LogP contribution in [-0.4, -0.2) is 49.3 Å². The van der Waals surface area contributed by atoms with Gasteiger partial charge in [-0.25, -0.2) is 0 Å². The van der Waals surface area contributed by atoms with Crippen LogP contribution < -0.4 is 5.32 Å². The number of hydrogen-bond acceptors (Lipinski definition) is 3. The lowest BCUT2D eigenvalue weighted by Crippen LogP contribution is -2.42. The van der Waals surface area contributed by atoms with Gasteiger partial charge in [-0.1, -0.05) is 0 Å². The molecule has 0 heterocycles. The molecule has 2 unspecified atom stereocenters. The molecule has 3 nitrogen and oxygen atoms in total. The number of hydrogen-bond donors (Lipinski definition) is 2. The Kier molecular flexibility index (Phi) is 5.58. The van der Waals surface area contributed by atoms with Crippen molar-refractivity contribution >= 4 is 0 Å². The maximum absolute atomic E-state index is 8.74. The minimum absolute atomic E-state index is 0.311. The molecule has 0 amide bonds. The molecule has 1 saturated carbocycles. The van der Waals surface area contributed by atoms with Crippen molar-refractivity contribution in [1.82, 2.24) is 10.2 Å². The maximum Gasteiger partial charge on any atom is 0.0431 e. The van der Waals surface area contributed by atoms with Gasteiger partial charge in [-0.3, -0.25) is 0 Å². The van der Waals surface area contributed by atoms with Gasteiger partial charge in [0.05, 0.1) is 0 Å². The van der Waals surface area contributed by atoms with Crippen molar-refractivity contribution in [3.05, 3.63) is 0 Å². The van der Waals surface area contributed by atoms with E-state index in [1.165, 1.54) is 12.8 Å². The molecule has 90 valence electrons. The molecule has 1 aliphatic rings. The lowest BCUT2D eigenvalue weighted by molar-refractivity contribution is 0.241. The number of nitrogens with zero attached hydrogens (tertiary/aromatic N) is 1. The van der Waals surface area contributed by atoms with E-state index >= 15 is 0 Å². The van der Waals surface area contributed by atoms with Crippen molar-refractivity contribution in [2.75, 3.05) is 27.2 Å². The van der Waals surface area contributed by atoms with E-state index in [1.54, 1.807) is 0 Å². The third-order valence-corrected chi connectivity index (χ3v) is 3.30. The fourth-order valence-corrected chi connectivity index (χ4v) is 2.07. The van der Waals surface area contributed by atoms with Gasteiger partial charge in [0.2, 0.25) is 0 Å². The highest BCUT2D eigenvalue weighted by Crippen LogP contribution is 2.34. The summed E-state index contributed by atoms with van der Waals surface area (Å²) in [5.41, 5.74) is 0. The van der Waals surface area contributed by atoms with Crippen LogP contribution in [0.5, 0.6) is 0 Å². The van der Waals surface area contributed by atoms with E-state index in [4.69, 9.17) is 5.11 Å². The lowest BCUT2D eigenvalue weighted by Gasteiger charge is -2.26. The van der Waals surface area contributed by atoms with Gasteiger partial charge in [0.1, 0.15) is 0 Å². The van der Waals surface area contributed by atoms with Gasteiger partial charge >= 0.3 is 0 Å². The molecule has 2 atom stereocenters. The Morgan fingerprint density at radius 1 is 1.40 bits per heavy atom. The van der Waals surface area contributed by atoms with Crippen LogP contribution in [0.1, 0.15) is 32.6 Å². The van der Waals surface area contributed by atoms with Gasteiger partial charge in [-0.2, -0.15) is 0 Å². The minimum Gasteiger partial charge on any atom is -0.396 e. The molecule has 15 heavy (non-hydrogen) atoms. The largest absolute Gasteiger partial charge is 0.396 e. The molecule has 0 aromatic rings. The molecular weight excluding hydrogens is 188 g/mol. The molecular formula is C12H26N2O. The summed E-state index contributed by atoms with van der Waals surface area (Å²) in [6.45, 7) is 3.60. The highest BCUT2D eigenvalue weighted by Gasteiger charge is 2.32. The number of nitrogens with one attached hydrogen (secondary N) is 1. The zero-order chi connectivity index (χ0) is 11.3. The molecule has 0 saturated heterocycles. The summed E-state index contributed by atoms with van der Waals surface area (Å²) < 4.78 is 0. The van der Waals surface area contributed by atoms with Crippen molar-refractivity contribution in [2.45, 2.75) is 44.7 Å². The van der Waals surface area contributed by atoms with E-state index in [0.29, 0.717) is 18.7 Å². The van der Waals surface area contributed by atoms with E-state index in [9.17, 15) is 0 Å². The Hall–Kier alpha value is -0.120. The van der Waals surface area contributed by atoms with Crippen molar-refractivity contribution < 1.29 is 5.11 Å². The summed E-state index contributed by atoms with van der Waals surface area (Å²) in [5, 5.41) is 12.3. The molecule has 1 aliphatic carbocycles. The predicted octanol–water partition coefficient (Wildman–Crippen LogP) is 1.08. The second-order valence-electron chi connectivity index (χ2n) is 5.04. The summed E-state index contributed by atoms with van der Waals surface area (Å²) in [4.78, 5) is 2.34. The number of aliphatic hydroxyl groups is 1. The highest BCUT2D eigenvalue weighted by atomic mass is 16.2. The van der Waals surface area contributed by atoms with Crippen LogP contribution in [0, 0.1) is 5.92 Å². The van der Waals surface area contributed by atoms with E-state index in [2.05, 4.69) is 31.2 Å². The monoisotopic (exact) mass is 214 g/mol. The van der Waals surface area contributed by atoms with Crippen LogP contribution in [0.3, 0.4) is 0 Å². The SMILES string of the molecule is CC(CCCO)NCC(C1CC1)N(C)C. The first kappa shape index (κ1) is 12.9. The highest BCUT2D eigenvalue weighted by molar-refractivity contribution is 4.88. The van der Waals surface area contributed by atoms with E-state index in [1.807, 2.05) is 0 Å². The summed E-state index contributed by atoms with van der Waals surface area (Å²) in [6.07, 6.45) is 4.77. The van der Waals surface area contributed by atoms with E-state index < -0.39 is 0 Å². The molecule has 2 N–H and O–H groups in total. The Labute approximate surface area is 93.9 Å². The molecule has 0 radical (unpaired) electrons. The third-order valence-electron chi connectivity index (χ3n) is 3.30. The smallest absolute Gasteiger partial charge is 0.0431 e. The first-order valence-corrected chi connectivity index (χ1v) is 6.15. The Bertz CT molecular complexity index is 167. The molecule has 1 fully saturated rings. The van der Waals surface area contributed by atoms with Crippen molar-refractivity contribution in [2.24, 2.45) is 5.92 Å². The average molecular weight is 214 g/mol. The summed E-state index contributed by atoms with van der Waals surface area (Å²) >= 11 is 0. The molecule has 0 spiro atoms. The summed E-state index contributed by atoms with van der Waals surface area (Å²) in [6, 6.07) is 1.22. The van der Waals surface area contributed by atoms with Crippen molar-refractivity contribution in [1.29, 1.82) is 0 Å². The zero-order valence-electron chi connectivity index (χ0n) is 10.4. The number of likely N-dealkylation sites (N-methyl/N-ethyl adjacent to an activating group) is 1. The van der Waals surface area contributed by atoms with Crippen LogP contribution in [0.2, 0.25) is 0 Å². The second-order valence-corrected chi connectivity index (χ2v) is 5.04. The topological polar surface area (TPSA) is 35.5 Å². The molecule has 3 heteroatoms. The molecule has 0 aliphatic heterocycles. The number of rotatable bonds is 8. The Balaban J connectivity index is 2.15. The normalized spacial score (nSPS) is 20.6. The average Bonchev–Trinajstić information content (AvgIpc) is 2.98. The van der Waals surface area contributed by atoms with Crippen molar-refractivity contribution in [3.8, 4) is 0 Å². The zero-order valence-corrected chi connectivity index (χ0v) is 10.4. The second kappa shape index (κ2) is 6.46. The van der Waals surface area contributed by atoms with Crippen molar-refractivity contribution in [3.63, 3.8) is 0 Å². The van der Waals surface area contributed by atoms with Gasteiger partial charge in [0.25, 0.3) is 0 Å². The Morgan fingerprint density at radius 3 is 2.53 bits per heavy atom. The quantitative estimate of drug-likeness (QED) is 0.634. The predicted molar refractivity (Wildman–Crippen MR) is 64.0 cm³/mol. The summed E-state index contributed by atoms with van der Waals surface area (Å²) in [7, 11) is 4.34. The van der Waals surface area contributed by atoms with Crippen LogP contribution in [0.25, 0.3) is 0 Å². The van der Waals surface area contributed by atoms with Crippen LogP contribution in [0.15, 0.2) is 0 Å². The van der Waals surface area contributed by atoms with Crippen LogP contribution >= 0.6 is 0 Å². The van der Waals surface area contributed by atoms with Crippen LogP contribution in [-0.2, 0) is 0 Å². The van der Waals surface area contributed by atoms with Gasteiger partial charge in [0, 0.05) is 25.2 Å². The van der Waals surface area contributed by atoms with Gasteiger partial charge in [-0.05, 0) is 52.6 Å². The lowest BCUT2D eigenvalue weighted by atomic mass is 10.1. The van der Waals surface area contributed by atoms with Gasteiger partial charge < -0.3 is 15.3 Å². The summed E-state index contributed by atoms with van der Waals surface area (Å²) in [5.74, 6) is 0.914.